The molecule has 1 N–H and O–H groups in total. The van der Waals surface area contributed by atoms with Crippen molar-refractivity contribution in [2.45, 2.75) is 45.7 Å². The third-order valence-corrected chi connectivity index (χ3v) is 3.22. The van der Waals surface area contributed by atoms with Crippen LogP contribution < -0.4 is 5.32 Å². The van der Waals surface area contributed by atoms with E-state index in [-0.39, 0.29) is 6.04 Å². The van der Waals surface area contributed by atoms with Gasteiger partial charge in [0.1, 0.15) is 0 Å². The first-order valence-corrected chi connectivity index (χ1v) is 6.04. The molecule has 1 fully saturated rings. The van der Waals surface area contributed by atoms with Crippen LogP contribution >= 0.6 is 0 Å². The summed E-state index contributed by atoms with van der Waals surface area (Å²) < 4.78 is 0. The summed E-state index contributed by atoms with van der Waals surface area (Å²) in [7, 11) is 0. The highest BCUT2D eigenvalue weighted by molar-refractivity contribution is 4.91. The van der Waals surface area contributed by atoms with Crippen LogP contribution in [0.4, 0.5) is 0 Å². The first-order valence-electron chi connectivity index (χ1n) is 6.04. The van der Waals surface area contributed by atoms with E-state index in [1.165, 1.54) is 13.0 Å². The normalized spacial score (nSPS) is 28.9. The Kier molecular flexibility index (Phi) is 5.07. The van der Waals surface area contributed by atoms with Crippen molar-refractivity contribution in [3.8, 4) is 6.07 Å². The minimum Gasteiger partial charge on any atom is -0.302 e. The lowest BCUT2D eigenvalue weighted by Gasteiger charge is -2.22. The molecule has 0 aromatic carbocycles. The fourth-order valence-corrected chi connectivity index (χ4v) is 2.45. The molecule has 0 radical (unpaired) electrons. The van der Waals surface area contributed by atoms with Crippen molar-refractivity contribution < 1.29 is 0 Å². The van der Waals surface area contributed by atoms with Gasteiger partial charge in [-0.05, 0) is 32.2 Å². The number of hydrogen-bond donors (Lipinski definition) is 1. The summed E-state index contributed by atoms with van der Waals surface area (Å²) in [5.41, 5.74) is 0. The van der Waals surface area contributed by atoms with Gasteiger partial charge < -0.3 is 10.2 Å². The first-order chi connectivity index (χ1) is 7.17. The molecule has 3 unspecified atom stereocenters. The van der Waals surface area contributed by atoms with Crippen LogP contribution in [0.1, 0.15) is 33.6 Å². The second-order valence-electron chi connectivity index (χ2n) is 4.71. The van der Waals surface area contributed by atoms with E-state index in [9.17, 15) is 0 Å². The van der Waals surface area contributed by atoms with Crippen molar-refractivity contribution in [3.63, 3.8) is 0 Å². The topological polar surface area (TPSA) is 39.1 Å². The van der Waals surface area contributed by atoms with Crippen LogP contribution in [0.2, 0.25) is 0 Å². The third kappa shape index (κ3) is 3.81. The number of hydrogen-bond acceptors (Lipinski definition) is 3. The number of nitrogens with zero attached hydrogens (tertiary/aromatic N) is 2. The van der Waals surface area contributed by atoms with Crippen molar-refractivity contribution in [1.29, 1.82) is 5.26 Å². The van der Waals surface area contributed by atoms with Crippen LogP contribution in [0, 0.1) is 17.2 Å². The highest BCUT2D eigenvalue weighted by Crippen LogP contribution is 2.22. The maximum atomic E-state index is 8.92. The Morgan fingerprint density at radius 1 is 1.53 bits per heavy atom. The molecular weight excluding hydrogens is 186 g/mol. The Hall–Kier alpha value is -0.590. The number of nitrogens with one attached hydrogen (secondary N) is 1. The lowest BCUT2D eigenvalue weighted by molar-refractivity contribution is 0.255. The molecule has 1 aliphatic rings. The Morgan fingerprint density at radius 2 is 2.27 bits per heavy atom. The standard InChI is InChI=1S/C12H23N3/c1-4-14-12(8-13)5-6-15-9-10(2)7-11(15)3/h10-12,14H,4-7,9H2,1-3H3. The number of nitriles is 1. The van der Waals surface area contributed by atoms with Gasteiger partial charge in [-0.3, -0.25) is 0 Å². The highest BCUT2D eigenvalue weighted by atomic mass is 15.2. The van der Waals surface area contributed by atoms with Crippen LogP contribution in [0.3, 0.4) is 0 Å². The highest BCUT2D eigenvalue weighted by Gasteiger charge is 2.25. The maximum Gasteiger partial charge on any atom is 0.0965 e. The van der Waals surface area contributed by atoms with Gasteiger partial charge in [-0.1, -0.05) is 13.8 Å². The molecule has 3 heteroatoms. The zero-order valence-corrected chi connectivity index (χ0v) is 10.2. The molecule has 0 saturated carbocycles. The Balaban J connectivity index is 2.27. The molecule has 0 amide bonds. The zero-order chi connectivity index (χ0) is 11.3. The molecule has 86 valence electrons. The Morgan fingerprint density at radius 3 is 2.73 bits per heavy atom. The maximum absolute atomic E-state index is 8.92. The van der Waals surface area contributed by atoms with E-state index in [4.69, 9.17) is 5.26 Å². The van der Waals surface area contributed by atoms with Gasteiger partial charge >= 0.3 is 0 Å². The first kappa shape index (κ1) is 12.5. The summed E-state index contributed by atoms with van der Waals surface area (Å²) in [4.78, 5) is 2.51. The molecule has 0 aromatic rings. The largest absolute Gasteiger partial charge is 0.302 e. The van der Waals surface area contributed by atoms with Gasteiger partial charge in [-0.2, -0.15) is 5.26 Å². The molecule has 15 heavy (non-hydrogen) atoms. The van der Waals surface area contributed by atoms with Crippen LogP contribution in [0.15, 0.2) is 0 Å². The average molecular weight is 209 g/mol. The lowest BCUT2D eigenvalue weighted by atomic mass is 10.1. The quantitative estimate of drug-likeness (QED) is 0.747. The molecular formula is C12H23N3. The monoisotopic (exact) mass is 209 g/mol. The van der Waals surface area contributed by atoms with Gasteiger partial charge in [0.05, 0.1) is 12.1 Å². The molecule has 1 aliphatic heterocycles. The minimum atomic E-state index is 0.0260. The zero-order valence-electron chi connectivity index (χ0n) is 10.2. The molecule has 3 nitrogen and oxygen atoms in total. The van der Waals surface area contributed by atoms with E-state index >= 15 is 0 Å². The lowest BCUT2D eigenvalue weighted by Crippen LogP contribution is -2.35. The fourth-order valence-electron chi connectivity index (χ4n) is 2.45. The van der Waals surface area contributed by atoms with Gasteiger partial charge in [0, 0.05) is 19.1 Å². The Labute approximate surface area is 93.5 Å². The fraction of sp³-hybridized carbons (Fsp3) is 0.917. The third-order valence-electron chi connectivity index (χ3n) is 3.22. The van der Waals surface area contributed by atoms with Crippen LogP contribution in [0.25, 0.3) is 0 Å². The predicted molar refractivity (Wildman–Crippen MR) is 62.5 cm³/mol. The van der Waals surface area contributed by atoms with E-state index in [2.05, 4.69) is 30.1 Å². The van der Waals surface area contributed by atoms with Gasteiger partial charge in [0.25, 0.3) is 0 Å². The van der Waals surface area contributed by atoms with Crippen LogP contribution in [0.5, 0.6) is 0 Å². The molecule has 1 rings (SSSR count). The summed E-state index contributed by atoms with van der Waals surface area (Å²) >= 11 is 0. The number of likely N-dealkylation sites (tertiary alicyclic amines) is 1. The van der Waals surface area contributed by atoms with Crippen molar-refractivity contribution in [3.05, 3.63) is 0 Å². The summed E-state index contributed by atoms with van der Waals surface area (Å²) in [6.45, 7) is 9.78. The van der Waals surface area contributed by atoms with E-state index < -0.39 is 0 Å². The minimum absolute atomic E-state index is 0.0260. The summed E-state index contributed by atoms with van der Waals surface area (Å²) in [5.74, 6) is 0.819. The molecule has 0 bridgehead atoms. The van der Waals surface area contributed by atoms with Crippen molar-refractivity contribution >= 4 is 0 Å². The van der Waals surface area contributed by atoms with E-state index in [0.717, 1.165) is 25.4 Å². The SMILES string of the molecule is CCNC(C#N)CCN1CC(C)CC1C. The molecule has 0 aromatic heterocycles. The van der Waals surface area contributed by atoms with E-state index in [0.29, 0.717) is 6.04 Å². The van der Waals surface area contributed by atoms with Crippen molar-refractivity contribution in [2.75, 3.05) is 19.6 Å². The summed E-state index contributed by atoms with van der Waals surface area (Å²) in [5, 5.41) is 12.1. The van der Waals surface area contributed by atoms with Gasteiger partial charge in [0.15, 0.2) is 0 Å². The number of rotatable bonds is 5. The molecule has 1 saturated heterocycles. The van der Waals surface area contributed by atoms with Crippen molar-refractivity contribution in [2.24, 2.45) is 5.92 Å². The Bertz CT molecular complexity index is 221. The van der Waals surface area contributed by atoms with Crippen molar-refractivity contribution in [1.82, 2.24) is 10.2 Å². The second-order valence-corrected chi connectivity index (χ2v) is 4.71. The molecule has 3 atom stereocenters. The average Bonchev–Trinajstić information content (AvgIpc) is 2.52. The van der Waals surface area contributed by atoms with Crippen LogP contribution in [-0.4, -0.2) is 36.6 Å². The van der Waals surface area contributed by atoms with Gasteiger partial charge in [-0.15, -0.1) is 0 Å². The summed E-state index contributed by atoms with van der Waals surface area (Å²) in [6.07, 6.45) is 2.25. The molecule has 0 aliphatic carbocycles. The van der Waals surface area contributed by atoms with Gasteiger partial charge in [0.2, 0.25) is 0 Å². The second kappa shape index (κ2) is 6.09. The molecule has 1 heterocycles. The van der Waals surface area contributed by atoms with Gasteiger partial charge in [-0.25, -0.2) is 0 Å². The smallest absolute Gasteiger partial charge is 0.0965 e. The van der Waals surface area contributed by atoms with Crippen LogP contribution in [-0.2, 0) is 0 Å². The summed E-state index contributed by atoms with van der Waals surface area (Å²) in [6, 6.07) is 3.04. The molecule has 0 spiro atoms. The van der Waals surface area contributed by atoms with E-state index in [1.807, 2.05) is 6.92 Å². The van der Waals surface area contributed by atoms with E-state index in [1.54, 1.807) is 0 Å². The predicted octanol–water partition coefficient (Wildman–Crippen LogP) is 1.61.